The van der Waals surface area contributed by atoms with E-state index in [4.69, 9.17) is 17.3 Å². The molecule has 30 heavy (non-hydrogen) atoms. The van der Waals surface area contributed by atoms with E-state index in [0.717, 1.165) is 27.8 Å². The van der Waals surface area contributed by atoms with Gasteiger partial charge < -0.3 is 16.0 Å². The number of hydrogen-bond acceptors (Lipinski definition) is 6. The fourth-order valence-corrected chi connectivity index (χ4v) is 6.34. The Morgan fingerprint density at radius 3 is 2.50 bits per heavy atom. The summed E-state index contributed by atoms with van der Waals surface area (Å²) in [6, 6.07) is 7.65. The number of carbonyl (C=O) groups excluding carboxylic acids is 2. The number of thiophene rings is 1. The summed E-state index contributed by atoms with van der Waals surface area (Å²) in [6.07, 6.45) is -1.08. The second-order valence-corrected chi connectivity index (χ2v) is 10.3. The van der Waals surface area contributed by atoms with E-state index >= 15 is 0 Å². The van der Waals surface area contributed by atoms with Crippen molar-refractivity contribution in [2.45, 2.75) is 16.8 Å². The van der Waals surface area contributed by atoms with Crippen LogP contribution in [0.15, 0.2) is 40.6 Å². The first-order chi connectivity index (χ1) is 14.3. The highest BCUT2D eigenvalue weighted by atomic mass is 35.5. The number of carbonyl (C=O) groups is 2. The van der Waals surface area contributed by atoms with Crippen LogP contribution in [0, 0.1) is 5.82 Å². The lowest BCUT2D eigenvalue weighted by Crippen LogP contribution is -2.63. The second-order valence-electron chi connectivity index (χ2n) is 6.49. The number of rotatable bonds is 6. The van der Waals surface area contributed by atoms with Gasteiger partial charge in [0.2, 0.25) is 0 Å². The summed E-state index contributed by atoms with van der Waals surface area (Å²) in [4.78, 5) is 27.1. The van der Waals surface area contributed by atoms with E-state index in [-0.39, 0.29) is 40.3 Å². The molecular weight excluding hydrogens is 455 g/mol. The van der Waals surface area contributed by atoms with Crippen molar-refractivity contribution in [3.63, 3.8) is 0 Å². The molecule has 1 aromatic heterocycles. The van der Waals surface area contributed by atoms with Crippen LogP contribution in [0.4, 0.5) is 4.39 Å². The fraction of sp³-hybridized carbons (Fsp3) is 0.333. The van der Waals surface area contributed by atoms with Crippen LogP contribution in [0.25, 0.3) is 0 Å². The summed E-state index contributed by atoms with van der Waals surface area (Å²) < 4.78 is 40.9. The molecule has 0 spiro atoms. The molecule has 0 radical (unpaired) electrons. The predicted molar refractivity (Wildman–Crippen MR) is 111 cm³/mol. The van der Waals surface area contributed by atoms with E-state index in [1.807, 2.05) is 0 Å². The van der Waals surface area contributed by atoms with Gasteiger partial charge in [-0.3, -0.25) is 9.59 Å². The summed E-state index contributed by atoms with van der Waals surface area (Å²) >= 11 is 6.76. The Kier molecular flexibility index (Phi) is 7.09. The van der Waals surface area contributed by atoms with Crippen molar-refractivity contribution in [3.05, 3.63) is 52.1 Å². The van der Waals surface area contributed by atoms with Crippen molar-refractivity contribution in [2.24, 2.45) is 5.73 Å². The van der Waals surface area contributed by atoms with Crippen LogP contribution in [0.1, 0.15) is 16.8 Å². The second kappa shape index (κ2) is 9.40. The molecule has 1 aromatic carbocycles. The van der Waals surface area contributed by atoms with Crippen LogP contribution in [0.5, 0.6) is 0 Å². The summed E-state index contributed by atoms with van der Waals surface area (Å²) in [7, 11) is -4.09. The average molecular weight is 475 g/mol. The van der Waals surface area contributed by atoms with Crippen molar-refractivity contribution >= 4 is 44.8 Å². The van der Waals surface area contributed by atoms with E-state index in [0.29, 0.717) is 6.42 Å². The Hall–Kier alpha value is -2.05. The maximum atomic E-state index is 13.2. The van der Waals surface area contributed by atoms with Gasteiger partial charge in [-0.15, -0.1) is 11.3 Å². The Labute approximate surface area is 182 Å². The number of amides is 2. The molecule has 0 aliphatic carbocycles. The van der Waals surface area contributed by atoms with Crippen LogP contribution in [0.2, 0.25) is 4.34 Å². The van der Waals surface area contributed by atoms with Crippen LogP contribution in [0.3, 0.4) is 0 Å². The van der Waals surface area contributed by atoms with E-state index in [2.05, 4.69) is 5.32 Å². The number of nitrogens with one attached hydrogen (secondary N) is 1. The minimum Gasteiger partial charge on any atom is -0.352 e. The first kappa shape index (κ1) is 22.6. The molecular formula is C18H20ClFN4O4S2. The standard InChI is InChI=1S/C18H20ClFN4O4S2/c19-14-6-7-15(29-14)30(27,28)24-11-1-10-23(17(24)16(25)22-9-8-21)18(26)12-2-4-13(20)5-3-12/h2-7,17H,1,8-11,21H2,(H,22,25). The minimum atomic E-state index is -4.09. The van der Waals surface area contributed by atoms with Crippen LogP contribution >= 0.6 is 22.9 Å². The number of nitrogens with two attached hydrogens (primary N) is 1. The van der Waals surface area contributed by atoms with Gasteiger partial charge in [-0.05, 0) is 42.8 Å². The summed E-state index contributed by atoms with van der Waals surface area (Å²) in [5.74, 6) is -1.75. The zero-order valence-corrected chi connectivity index (χ0v) is 18.1. The van der Waals surface area contributed by atoms with Gasteiger partial charge in [-0.2, -0.15) is 4.31 Å². The molecule has 12 heteroatoms. The predicted octanol–water partition coefficient (Wildman–Crippen LogP) is 1.48. The van der Waals surface area contributed by atoms with Crippen molar-refractivity contribution in [2.75, 3.05) is 26.2 Å². The highest BCUT2D eigenvalue weighted by Crippen LogP contribution is 2.31. The summed E-state index contributed by atoms with van der Waals surface area (Å²) in [5.41, 5.74) is 5.59. The Morgan fingerprint density at radius 2 is 1.90 bits per heavy atom. The molecule has 0 bridgehead atoms. The molecule has 162 valence electrons. The van der Waals surface area contributed by atoms with Gasteiger partial charge in [0, 0.05) is 31.7 Å². The zero-order valence-electron chi connectivity index (χ0n) is 15.8. The van der Waals surface area contributed by atoms with Gasteiger partial charge in [0.25, 0.3) is 21.8 Å². The maximum absolute atomic E-state index is 13.2. The molecule has 1 atom stereocenters. The monoisotopic (exact) mass is 474 g/mol. The quantitative estimate of drug-likeness (QED) is 0.658. The Morgan fingerprint density at radius 1 is 1.20 bits per heavy atom. The molecule has 2 heterocycles. The molecule has 8 nitrogen and oxygen atoms in total. The highest BCUT2D eigenvalue weighted by Gasteiger charge is 2.44. The number of benzene rings is 1. The van der Waals surface area contributed by atoms with E-state index in [1.165, 1.54) is 29.2 Å². The summed E-state index contributed by atoms with van der Waals surface area (Å²) in [6.45, 7) is 0.476. The molecule has 1 unspecified atom stereocenters. The molecule has 1 aliphatic rings. The third-order valence-electron chi connectivity index (χ3n) is 4.49. The molecule has 2 aromatic rings. The van der Waals surface area contributed by atoms with Gasteiger partial charge in [0.05, 0.1) is 4.34 Å². The Bertz CT molecular complexity index is 1030. The molecule has 3 rings (SSSR count). The number of sulfonamides is 1. The zero-order chi connectivity index (χ0) is 21.9. The lowest BCUT2D eigenvalue weighted by Gasteiger charge is -2.41. The summed E-state index contributed by atoms with van der Waals surface area (Å²) in [5, 5.41) is 2.56. The highest BCUT2D eigenvalue weighted by molar-refractivity contribution is 7.91. The van der Waals surface area contributed by atoms with Crippen molar-refractivity contribution in [3.8, 4) is 0 Å². The molecule has 1 saturated heterocycles. The first-order valence-corrected chi connectivity index (χ1v) is 11.7. The minimum absolute atomic E-state index is 0.0276. The number of nitrogens with zero attached hydrogens (tertiary/aromatic N) is 2. The largest absolute Gasteiger partial charge is 0.352 e. The first-order valence-electron chi connectivity index (χ1n) is 9.07. The van der Waals surface area contributed by atoms with Gasteiger partial charge in [0.15, 0.2) is 6.17 Å². The normalized spacial score (nSPS) is 17.7. The lowest BCUT2D eigenvalue weighted by atomic mass is 10.1. The molecule has 3 N–H and O–H groups in total. The van der Waals surface area contributed by atoms with Crippen molar-refractivity contribution in [1.29, 1.82) is 0 Å². The van der Waals surface area contributed by atoms with E-state index in [1.54, 1.807) is 0 Å². The Balaban J connectivity index is 2.00. The molecule has 1 fully saturated rings. The molecule has 0 saturated carbocycles. The van der Waals surface area contributed by atoms with Crippen molar-refractivity contribution < 1.29 is 22.4 Å². The van der Waals surface area contributed by atoms with Crippen molar-refractivity contribution in [1.82, 2.24) is 14.5 Å². The van der Waals surface area contributed by atoms with Gasteiger partial charge in [-0.25, -0.2) is 12.8 Å². The van der Waals surface area contributed by atoms with Gasteiger partial charge in [0.1, 0.15) is 10.0 Å². The van der Waals surface area contributed by atoms with E-state index < -0.39 is 33.8 Å². The molecule has 1 aliphatic heterocycles. The van der Waals surface area contributed by atoms with Gasteiger partial charge in [-0.1, -0.05) is 11.6 Å². The van der Waals surface area contributed by atoms with E-state index in [9.17, 15) is 22.4 Å². The maximum Gasteiger partial charge on any atom is 0.259 e. The smallest absolute Gasteiger partial charge is 0.259 e. The third kappa shape index (κ3) is 4.65. The topological polar surface area (TPSA) is 113 Å². The third-order valence-corrected chi connectivity index (χ3v) is 8.04. The number of hydrogen-bond donors (Lipinski definition) is 2. The lowest BCUT2D eigenvalue weighted by molar-refractivity contribution is -0.130. The SMILES string of the molecule is NCCNC(=O)C1N(C(=O)c2ccc(F)cc2)CCCN1S(=O)(=O)c1ccc(Cl)s1. The fourth-order valence-electron chi connectivity index (χ4n) is 3.13. The van der Waals surface area contributed by atoms with Crippen LogP contribution < -0.4 is 11.1 Å². The average Bonchev–Trinajstić information content (AvgIpc) is 3.18. The number of halogens is 2. The van der Waals surface area contributed by atoms with Crippen LogP contribution in [-0.4, -0.2) is 61.8 Å². The van der Waals surface area contributed by atoms with Crippen LogP contribution in [-0.2, 0) is 14.8 Å². The molecule has 2 amide bonds. The van der Waals surface area contributed by atoms with Gasteiger partial charge >= 0.3 is 0 Å².